The van der Waals surface area contributed by atoms with E-state index in [0.717, 1.165) is 12.1 Å². The van der Waals surface area contributed by atoms with Crippen molar-refractivity contribution in [3.8, 4) is 0 Å². The molecule has 1 aromatic heterocycles. The molecular formula is C16H15F3N2O4. The Labute approximate surface area is 140 Å². The number of nitrogens with one attached hydrogen (secondary N) is 2. The molecule has 0 aliphatic rings. The Balaban J connectivity index is 1.92. The Kier molecular flexibility index (Phi) is 5.68. The molecule has 2 amide bonds. The van der Waals surface area contributed by atoms with Crippen molar-refractivity contribution < 1.29 is 32.3 Å². The lowest BCUT2D eigenvalue weighted by atomic mass is 10.1. The third kappa shape index (κ3) is 5.55. The molecule has 9 heteroatoms. The zero-order chi connectivity index (χ0) is 18.4. The fourth-order valence-corrected chi connectivity index (χ4v) is 2.09. The van der Waals surface area contributed by atoms with Gasteiger partial charge in [-0.25, -0.2) is 9.59 Å². The van der Waals surface area contributed by atoms with Crippen molar-refractivity contribution in [3.63, 3.8) is 0 Å². The van der Waals surface area contributed by atoms with Crippen molar-refractivity contribution in [1.82, 2.24) is 10.6 Å². The normalized spacial score (nSPS) is 12.4. The van der Waals surface area contributed by atoms with E-state index in [-0.39, 0.29) is 18.5 Å². The fourth-order valence-electron chi connectivity index (χ4n) is 2.09. The van der Waals surface area contributed by atoms with Crippen LogP contribution in [0.25, 0.3) is 0 Å². The molecule has 25 heavy (non-hydrogen) atoms. The van der Waals surface area contributed by atoms with Gasteiger partial charge in [0.25, 0.3) is 0 Å². The third-order valence-electron chi connectivity index (χ3n) is 3.33. The van der Waals surface area contributed by atoms with Gasteiger partial charge in [0.05, 0.1) is 18.1 Å². The standard InChI is InChI=1S/C16H15F3N2O4/c17-16(18,19)12-3-1-2-10(6-12)8-20-15(24)21-13(14(22)23)7-11-4-5-25-9-11/h1-6,9,13H,7-8H2,(H,22,23)(H2,20,21,24). The second-order valence-corrected chi connectivity index (χ2v) is 5.25. The molecule has 0 spiro atoms. The molecular weight excluding hydrogens is 341 g/mol. The van der Waals surface area contributed by atoms with E-state index in [1.165, 1.54) is 24.7 Å². The van der Waals surface area contributed by atoms with Crippen molar-refractivity contribution in [2.75, 3.05) is 0 Å². The summed E-state index contributed by atoms with van der Waals surface area (Å²) in [6, 6.07) is 4.08. The van der Waals surface area contributed by atoms with E-state index in [1.807, 2.05) is 0 Å². The Bertz CT molecular complexity index is 729. The Morgan fingerprint density at radius 2 is 1.96 bits per heavy atom. The molecule has 2 rings (SSSR count). The first-order valence-electron chi connectivity index (χ1n) is 7.20. The lowest BCUT2D eigenvalue weighted by Gasteiger charge is -2.15. The van der Waals surface area contributed by atoms with Crippen LogP contribution in [0.1, 0.15) is 16.7 Å². The van der Waals surface area contributed by atoms with Crippen LogP contribution in [0.4, 0.5) is 18.0 Å². The summed E-state index contributed by atoms with van der Waals surface area (Å²) in [7, 11) is 0. The van der Waals surface area contributed by atoms with Gasteiger partial charge in [0, 0.05) is 13.0 Å². The summed E-state index contributed by atoms with van der Waals surface area (Å²) in [5.41, 5.74) is 0.00726. The van der Waals surface area contributed by atoms with Crippen LogP contribution in [-0.2, 0) is 23.9 Å². The summed E-state index contributed by atoms with van der Waals surface area (Å²) >= 11 is 0. The number of furan rings is 1. The van der Waals surface area contributed by atoms with Crippen molar-refractivity contribution >= 4 is 12.0 Å². The molecule has 1 heterocycles. The van der Waals surface area contributed by atoms with E-state index >= 15 is 0 Å². The Hall–Kier alpha value is -2.97. The van der Waals surface area contributed by atoms with Gasteiger partial charge in [0.15, 0.2) is 0 Å². The summed E-state index contributed by atoms with van der Waals surface area (Å²) in [6.07, 6.45) is -1.72. The largest absolute Gasteiger partial charge is 0.480 e. The highest BCUT2D eigenvalue weighted by atomic mass is 19.4. The smallest absolute Gasteiger partial charge is 0.416 e. The molecule has 1 atom stereocenters. The predicted octanol–water partition coefficient (Wildman–Crippen LogP) is 2.79. The molecule has 0 saturated heterocycles. The van der Waals surface area contributed by atoms with Crippen molar-refractivity contribution in [2.24, 2.45) is 0 Å². The number of carboxylic acids is 1. The van der Waals surface area contributed by atoms with Gasteiger partial charge in [-0.3, -0.25) is 0 Å². The monoisotopic (exact) mass is 356 g/mol. The number of urea groups is 1. The molecule has 0 saturated carbocycles. The van der Waals surface area contributed by atoms with Crippen LogP contribution < -0.4 is 10.6 Å². The Morgan fingerprint density at radius 3 is 2.56 bits per heavy atom. The average molecular weight is 356 g/mol. The molecule has 0 radical (unpaired) electrons. The van der Waals surface area contributed by atoms with Gasteiger partial charge < -0.3 is 20.2 Å². The summed E-state index contributed by atoms with van der Waals surface area (Å²) in [6.45, 7) is -0.173. The number of halogens is 3. The first-order valence-corrected chi connectivity index (χ1v) is 7.20. The van der Waals surface area contributed by atoms with E-state index in [2.05, 4.69) is 10.6 Å². The molecule has 0 fully saturated rings. The van der Waals surface area contributed by atoms with Gasteiger partial charge in [0.1, 0.15) is 6.04 Å². The summed E-state index contributed by atoms with van der Waals surface area (Å²) in [5, 5.41) is 13.7. The molecule has 0 bridgehead atoms. The number of carbonyl (C=O) groups excluding carboxylic acids is 1. The highest BCUT2D eigenvalue weighted by Crippen LogP contribution is 2.29. The van der Waals surface area contributed by atoms with E-state index in [9.17, 15) is 22.8 Å². The molecule has 134 valence electrons. The maximum absolute atomic E-state index is 12.6. The van der Waals surface area contributed by atoms with Crippen LogP contribution in [0.15, 0.2) is 47.3 Å². The van der Waals surface area contributed by atoms with Crippen LogP contribution >= 0.6 is 0 Å². The van der Waals surface area contributed by atoms with Crippen LogP contribution in [0, 0.1) is 0 Å². The molecule has 0 aliphatic carbocycles. The topological polar surface area (TPSA) is 91.6 Å². The van der Waals surface area contributed by atoms with E-state index in [4.69, 9.17) is 9.52 Å². The van der Waals surface area contributed by atoms with Gasteiger partial charge in [-0.05, 0) is 29.3 Å². The van der Waals surface area contributed by atoms with E-state index in [0.29, 0.717) is 5.56 Å². The lowest BCUT2D eigenvalue weighted by Crippen LogP contribution is -2.46. The van der Waals surface area contributed by atoms with Gasteiger partial charge in [-0.1, -0.05) is 12.1 Å². The molecule has 6 nitrogen and oxygen atoms in total. The van der Waals surface area contributed by atoms with Crippen LogP contribution in [0.5, 0.6) is 0 Å². The number of alkyl halides is 3. The minimum atomic E-state index is -4.47. The first kappa shape index (κ1) is 18.4. The zero-order valence-corrected chi connectivity index (χ0v) is 12.8. The SMILES string of the molecule is O=C(NCc1cccc(C(F)(F)F)c1)NC(Cc1ccoc1)C(=O)O. The maximum Gasteiger partial charge on any atom is 0.416 e. The van der Waals surface area contributed by atoms with E-state index < -0.39 is 29.8 Å². The van der Waals surface area contributed by atoms with E-state index in [1.54, 1.807) is 6.07 Å². The lowest BCUT2D eigenvalue weighted by molar-refractivity contribution is -0.139. The fraction of sp³-hybridized carbons (Fsp3) is 0.250. The average Bonchev–Trinajstić information content (AvgIpc) is 3.05. The van der Waals surface area contributed by atoms with Crippen molar-refractivity contribution in [1.29, 1.82) is 0 Å². The van der Waals surface area contributed by atoms with Crippen LogP contribution in [0.3, 0.4) is 0 Å². The number of hydrogen-bond donors (Lipinski definition) is 3. The molecule has 1 aromatic carbocycles. The minimum Gasteiger partial charge on any atom is -0.480 e. The van der Waals surface area contributed by atoms with Gasteiger partial charge in [-0.15, -0.1) is 0 Å². The highest BCUT2D eigenvalue weighted by Gasteiger charge is 2.30. The molecule has 0 aliphatic heterocycles. The summed E-state index contributed by atoms with van der Waals surface area (Å²) in [4.78, 5) is 23.0. The van der Waals surface area contributed by atoms with Crippen LogP contribution in [0.2, 0.25) is 0 Å². The second kappa shape index (κ2) is 7.73. The third-order valence-corrected chi connectivity index (χ3v) is 3.33. The number of carbonyl (C=O) groups is 2. The number of hydrogen-bond acceptors (Lipinski definition) is 3. The number of amides is 2. The maximum atomic E-state index is 12.6. The quantitative estimate of drug-likeness (QED) is 0.742. The molecule has 3 N–H and O–H groups in total. The number of carboxylic acid groups (broad SMARTS) is 1. The van der Waals surface area contributed by atoms with Gasteiger partial charge >= 0.3 is 18.2 Å². The zero-order valence-electron chi connectivity index (χ0n) is 12.8. The molecule has 2 aromatic rings. The highest BCUT2D eigenvalue weighted by molar-refractivity contribution is 5.82. The number of benzene rings is 1. The Morgan fingerprint density at radius 1 is 1.20 bits per heavy atom. The number of rotatable bonds is 6. The van der Waals surface area contributed by atoms with Gasteiger partial charge in [-0.2, -0.15) is 13.2 Å². The first-order chi connectivity index (χ1) is 11.8. The second-order valence-electron chi connectivity index (χ2n) is 5.25. The number of aliphatic carboxylic acids is 1. The van der Waals surface area contributed by atoms with Crippen molar-refractivity contribution in [2.45, 2.75) is 25.2 Å². The van der Waals surface area contributed by atoms with Gasteiger partial charge in [0.2, 0.25) is 0 Å². The van der Waals surface area contributed by atoms with Crippen molar-refractivity contribution in [3.05, 3.63) is 59.5 Å². The minimum absolute atomic E-state index is 0.0167. The predicted molar refractivity (Wildman–Crippen MR) is 80.7 cm³/mol. The summed E-state index contributed by atoms with van der Waals surface area (Å²) in [5.74, 6) is -1.24. The summed E-state index contributed by atoms with van der Waals surface area (Å²) < 4.78 is 42.7. The van der Waals surface area contributed by atoms with Crippen LogP contribution in [-0.4, -0.2) is 23.1 Å². The molecule has 1 unspecified atom stereocenters.